The molecule has 0 aromatic carbocycles. The Balaban J connectivity index is 1.85. The minimum Gasteiger partial charge on any atom is -0.352 e. The summed E-state index contributed by atoms with van der Waals surface area (Å²) in [4.78, 5) is 29.5. The average Bonchev–Trinajstić information content (AvgIpc) is 2.48. The van der Waals surface area contributed by atoms with Gasteiger partial charge in [0.25, 0.3) is 5.91 Å². The molecule has 2 heterocycles. The highest BCUT2D eigenvalue weighted by atomic mass is 35.5. The number of carbonyl (C=O) groups is 2. The van der Waals surface area contributed by atoms with Gasteiger partial charge in [-0.15, -0.1) is 11.6 Å². The second kappa shape index (κ2) is 6.70. The van der Waals surface area contributed by atoms with Gasteiger partial charge in [0.1, 0.15) is 5.38 Å². The molecule has 0 aliphatic carbocycles. The smallest absolute Gasteiger partial charge is 0.253 e. The molecule has 6 heteroatoms. The SMILES string of the molecule is CC(Cl)C(=O)NC1CCN(C(=O)c2ccncc2)CC1. The Morgan fingerprint density at radius 2 is 1.95 bits per heavy atom. The van der Waals surface area contributed by atoms with Gasteiger partial charge in [-0.2, -0.15) is 0 Å². The van der Waals surface area contributed by atoms with Gasteiger partial charge in [-0.25, -0.2) is 0 Å². The Bertz CT molecular complexity index is 471. The number of halogens is 1. The molecule has 0 spiro atoms. The topological polar surface area (TPSA) is 62.3 Å². The van der Waals surface area contributed by atoms with Crippen molar-refractivity contribution in [2.24, 2.45) is 0 Å². The number of carbonyl (C=O) groups excluding carboxylic acids is 2. The summed E-state index contributed by atoms with van der Waals surface area (Å²) in [7, 11) is 0. The molecule has 2 amide bonds. The number of likely N-dealkylation sites (tertiary alicyclic amines) is 1. The van der Waals surface area contributed by atoms with Crippen LogP contribution in [0.1, 0.15) is 30.1 Å². The van der Waals surface area contributed by atoms with E-state index in [1.165, 1.54) is 0 Å². The van der Waals surface area contributed by atoms with E-state index in [2.05, 4.69) is 10.3 Å². The maximum absolute atomic E-state index is 12.2. The number of hydrogen-bond donors (Lipinski definition) is 1. The van der Waals surface area contributed by atoms with Crippen LogP contribution in [-0.2, 0) is 4.79 Å². The Kier molecular flexibility index (Phi) is 4.95. The summed E-state index contributed by atoms with van der Waals surface area (Å²) in [5, 5.41) is 2.38. The molecule has 1 fully saturated rings. The molecule has 1 aromatic heterocycles. The third-order valence-corrected chi connectivity index (χ3v) is 3.62. The Morgan fingerprint density at radius 3 is 2.50 bits per heavy atom. The molecule has 1 aromatic rings. The summed E-state index contributed by atoms with van der Waals surface area (Å²) in [6, 6.07) is 3.53. The summed E-state index contributed by atoms with van der Waals surface area (Å²) in [5.41, 5.74) is 0.650. The maximum atomic E-state index is 12.2. The van der Waals surface area contributed by atoms with Crippen molar-refractivity contribution >= 4 is 23.4 Å². The van der Waals surface area contributed by atoms with Crippen molar-refractivity contribution in [1.29, 1.82) is 0 Å². The number of aromatic nitrogens is 1. The van der Waals surface area contributed by atoms with Crippen molar-refractivity contribution in [3.63, 3.8) is 0 Å². The minimum atomic E-state index is -0.522. The van der Waals surface area contributed by atoms with E-state index in [0.29, 0.717) is 18.7 Å². The molecule has 0 saturated carbocycles. The fourth-order valence-electron chi connectivity index (χ4n) is 2.22. The van der Waals surface area contributed by atoms with Crippen molar-refractivity contribution < 1.29 is 9.59 Å². The van der Waals surface area contributed by atoms with Gasteiger partial charge in [0.05, 0.1) is 0 Å². The zero-order valence-corrected chi connectivity index (χ0v) is 12.1. The fraction of sp³-hybridized carbons (Fsp3) is 0.500. The van der Waals surface area contributed by atoms with Gasteiger partial charge in [0, 0.05) is 37.1 Å². The third kappa shape index (κ3) is 3.70. The van der Waals surface area contributed by atoms with E-state index in [1.807, 2.05) is 4.90 Å². The van der Waals surface area contributed by atoms with E-state index in [1.54, 1.807) is 31.5 Å². The molecule has 1 saturated heterocycles. The summed E-state index contributed by atoms with van der Waals surface area (Å²) >= 11 is 5.72. The monoisotopic (exact) mass is 295 g/mol. The van der Waals surface area contributed by atoms with Crippen molar-refractivity contribution in [1.82, 2.24) is 15.2 Å². The molecule has 1 aliphatic rings. The van der Waals surface area contributed by atoms with Crippen molar-refractivity contribution in [2.75, 3.05) is 13.1 Å². The lowest BCUT2D eigenvalue weighted by Gasteiger charge is -2.32. The molecule has 5 nitrogen and oxygen atoms in total. The molecule has 2 rings (SSSR count). The zero-order valence-electron chi connectivity index (χ0n) is 11.4. The fourth-order valence-corrected chi connectivity index (χ4v) is 2.28. The lowest BCUT2D eigenvalue weighted by atomic mass is 10.0. The van der Waals surface area contributed by atoms with Crippen LogP contribution in [0.4, 0.5) is 0 Å². The number of amides is 2. The average molecular weight is 296 g/mol. The molecule has 1 N–H and O–H groups in total. The largest absolute Gasteiger partial charge is 0.352 e. The number of alkyl halides is 1. The van der Waals surface area contributed by atoms with Gasteiger partial charge in [0.15, 0.2) is 0 Å². The lowest BCUT2D eigenvalue weighted by molar-refractivity contribution is -0.121. The van der Waals surface area contributed by atoms with Gasteiger partial charge < -0.3 is 10.2 Å². The van der Waals surface area contributed by atoms with Crippen LogP contribution < -0.4 is 5.32 Å². The molecule has 1 unspecified atom stereocenters. The van der Waals surface area contributed by atoms with Crippen LogP contribution in [0.5, 0.6) is 0 Å². The first-order valence-electron chi connectivity index (χ1n) is 6.71. The van der Waals surface area contributed by atoms with Crippen LogP contribution in [0.25, 0.3) is 0 Å². The maximum Gasteiger partial charge on any atom is 0.253 e. The van der Waals surface area contributed by atoms with Crippen LogP contribution in [0, 0.1) is 0 Å². The number of hydrogen-bond acceptors (Lipinski definition) is 3. The van der Waals surface area contributed by atoms with E-state index in [4.69, 9.17) is 11.6 Å². The van der Waals surface area contributed by atoms with Crippen LogP contribution in [0.2, 0.25) is 0 Å². The van der Waals surface area contributed by atoms with Crippen molar-refractivity contribution in [3.05, 3.63) is 30.1 Å². The van der Waals surface area contributed by atoms with Gasteiger partial charge in [-0.05, 0) is 31.9 Å². The predicted molar refractivity (Wildman–Crippen MR) is 76.6 cm³/mol. The first kappa shape index (κ1) is 14.8. The Labute approximate surface area is 123 Å². The Hall–Kier alpha value is -1.62. The highest BCUT2D eigenvalue weighted by Gasteiger charge is 2.25. The summed E-state index contributed by atoms with van der Waals surface area (Å²) in [6.45, 7) is 2.94. The number of pyridine rings is 1. The minimum absolute atomic E-state index is 0.0166. The van der Waals surface area contributed by atoms with Gasteiger partial charge in [-0.1, -0.05) is 0 Å². The normalized spacial score (nSPS) is 17.6. The van der Waals surface area contributed by atoms with Crippen LogP contribution in [0.15, 0.2) is 24.5 Å². The molecule has 108 valence electrons. The number of piperidine rings is 1. The van der Waals surface area contributed by atoms with Crippen LogP contribution in [-0.4, -0.2) is 46.2 Å². The summed E-state index contributed by atoms with van der Waals surface area (Å²) in [5.74, 6) is -0.131. The van der Waals surface area contributed by atoms with E-state index in [0.717, 1.165) is 12.8 Å². The molecular weight excluding hydrogens is 278 g/mol. The Morgan fingerprint density at radius 1 is 1.35 bits per heavy atom. The molecule has 20 heavy (non-hydrogen) atoms. The van der Waals surface area contributed by atoms with E-state index >= 15 is 0 Å². The highest BCUT2D eigenvalue weighted by Crippen LogP contribution is 2.14. The number of nitrogens with one attached hydrogen (secondary N) is 1. The van der Waals surface area contributed by atoms with Gasteiger partial charge >= 0.3 is 0 Å². The molecule has 0 bridgehead atoms. The number of nitrogens with zero attached hydrogens (tertiary/aromatic N) is 2. The quantitative estimate of drug-likeness (QED) is 0.858. The number of rotatable bonds is 3. The van der Waals surface area contributed by atoms with Gasteiger partial charge in [-0.3, -0.25) is 14.6 Å². The molecule has 1 aliphatic heterocycles. The van der Waals surface area contributed by atoms with Crippen molar-refractivity contribution in [2.45, 2.75) is 31.2 Å². The van der Waals surface area contributed by atoms with Crippen LogP contribution >= 0.6 is 11.6 Å². The first-order valence-corrected chi connectivity index (χ1v) is 7.15. The second-order valence-electron chi connectivity index (χ2n) is 4.93. The van der Waals surface area contributed by atoms with Crippen LogP contribution in [0.3, 0.4) is 0 Å². The lowest BCUT2D eigenvalue weighted by Crippen LogP contribution is -2.47. The molecular formula is C14H18ClN3O2. The highest BCUT2D eigenvalue weighted by molar-refractivity contribution is 6.30. The molecule has 0 radical (unpaired) electrons. The first-order chi connectivity index (χ1) is 9.58. The predicted octanol–water partition coefficient (Wildman–Crippen LogP) is 1.43. The second-order valence-corrected chi connectivity index (χ2v) is 5.58. The van der Waals surface area contributed by atoms with E-state index in [9.17, 15) is 9.59 Å². The standard InChI is InChI=1S/C14H18ClN3O2/c1-10(15)13(19)17-12-4-8-18(9-5-12)14(20)11-2-6-16-7-3-11/h2-3,6-7,10,12H,4-5,8-9H2,1H3,(H,17,19). The van der Waals surface area contributed by atoms with E-state index < -0.39 is 5.38 Å². The summed E-state index contributed by atoms with van der Waals surface area (Å²) in [6.07, 6.45) is 4.74. The zero-order chi connectivity index (χ0) is 14.5. The van der Waals surface area contributed by atoms with E-state index in [-0.39, 0.29) is 17.9 Å². The van der Waals surface area contributed by atoms with Crippen molar-refractivity contribution in [3.8, 4) is 0 Å². The summed E-state index contributed by atoms with van der Waals surface area (Å²) < 4.78 is 0. The third-order valence-electron chi connectivity index (χ3n) is 3.42. The van der Waals surface area contributed by atoms with Gasteiger partial charge in [0.2, 0.25) is 5.91 Å². The molecule has 1 atom stereocenters.